The van der Waals surface area contributed by atoms with Gasteiger partial charge in [-0.3, -0.25) is 9.36 Å². The van der Waals surface area contributed by atoms with Crippen molar-refractivity contribution in [1.82, 2.24) is 9.55 Å². The fourth-order valence-corrected chi connectivity index (χ4v) is 3.70. The lowest BCUT2D eigenvalue weighted by Crippen LogP contribution is -2.19. The Bertz CT molecular complexity index is 1160. The molecule has 0 unspecified atom stereocenters. The molecule has 28 heavy (non-hydrogen) atoms. The normalized spacial score (nSPS) is 14.1. The van der Waals surface area contributed by atoms with Crippen LogP contribution in [0, 0.1) is 30.5 Å². The number of methoxy groups -OCH3 is 1. The molecule has 142 valence electrons. The van der Waals surface area contributed by atoms with Crippen LogP contribution in [-0.4, -0.2) is 16.7 Å². The highest BCUT2D eigenvalue weighted by Crippen LogP contribution is 2.28. The second-order valence-electron chi connectivity index (χ2n) is 7.18. The SMILES string of the molecule is COc1cc(C#CC2CCCC2)c(F)cc1-n1c(=O)cnc2cc(C)ccc21. The van der Waals surface area contributed by atoms with Crippen molar-refractivity contribution in [2.24, 2.45) is 5.92 Å². The maximum absolute atomic E-state index is 14.8. The molecule has 2 aromatic carbocycles. The molecule has 0 amide bonds. The molecule has 0 N–H and O–H groups in total. The predicted octanol–water partition coefficient (Wildman–Crippen LogP) is 4.38. The number of halogens is 1. The number of rotatable bonds is 2. The van der Waals surface area contributed by atoms with Gasteiger partial charge in [0.1, 0.15) is 11.6 Å². The minimum absolute atomic E-state index is 0.287. The molecule has 0 radical (unpaired) electrons. The number of ether oxygens (including phenoxy) is 1. The van der Waals surface area contributed by atoms with E-state index in [4.69, 9.17) is 4.74 Å². The number of aryl methyl sites for hydroxylation is 1. The summed E-state index contributed by atoms with van der Waals surface area (Å²) in [5.74, 6) is 6.40. The van der Waals surface area contributed by atoms with Gasteiger partial charge in [0.05, 0.1) is 35.6 Å². The minimum atomic E-state index is -0.467. The van der Waals surface area contributed by atoms with Gasteiger partial charge in [0.25, 0.3) is 5.56 Å². The van der Waals surface area contributed by atoms with Crippen LogP contribution in [0.25, 0.3) is 16.7 Å². The average Bonchev–Trinajstić information content (AvgIpc) is 3.20. The molecule has 3 aromatic rings. The third kappa shape index (κ3) is 3.38. The fraction of sp³-hybridized carbons (Fsp3) is 0.304. The van der Waals surface area contributed by atoms with Gasteiger partial charge in [-0.15, -0.1) is 0 Å². The van der Waals surface area contributed by atoms with Crippen molar-refractivity contribution in [2.45, 2.75) is 32.6 Å². The van der Waals surface area contributed by atoms with Crippen LogP contribution in [0.5, 0.6) is 5.75 Å². The van der Waals surface area contributed by atoms with Gasteiger partial charge in [0, 0.05) is 18.1 Å². The molecule has 0 bridgehead atoms. The Balaban J connectivity index is 1.87. The lowest BCUT2D eigenvalue weighted by molar-refractivity contribution is 0.411. The summed E-state index contributed by atoms with van der Waals surface area (Å²) in [6.45, 7) is 1.95. The summed E-state index contributed by atoms with van der Waals surface area (Å²) >= 11 is 0. The summed E-state index contributed by atoms with van der Waals surface area (Å²) in [6.07, 6.45) is 5.75. The molecular formula is C23H21FN2O2. The molecule has 0 saturated heterocycles. The summed E-state index contributed by atoms with van der Waals surface area (Å²) < 4.78 is 21.7. The molecule has 0 atom stereocenters. The number of aromatic nitrogens is 2. The molecule has 1 heterocycles. The molecule has 1 aromatic heterocycles. The molecular weight excluding hydrogens is 355 g/mol. The second kappa shape index (κ2) is 7.47. The van der Waals surface area contributed by atoms with E-state index in [2.05, 4.69) is 16.8 Å². The van der Waals surface area contributed by atoms with E-state index >= 15 is 0 Å². The first-order valence-electron chi connectivity index (χ1n) is 9.44. The summed E-state index contributed by atoms with van der Waals surface area (Å²) in [6, 6.07) is 8.47. The van der Waals surface area contributed by atoms with Gasteiger partial charge < -0.3 is 4.74 Å². The first-order chi connectivity index (χ1) is 13.6. The summed E-state index contributed by atoms with van der Waals surface area (Å²) in [4.78, 5) is 16.8. The van der Waals surface area contributed by atoms with Crippen molar-refractivity contribution in [1.29, 1.82) is 0 Å². The van der Waals surface area contributed by atoms with E-state index in [-0.39, 0.29) is 11.1 Å². The van der Waals surface area contributed by atoms with Gasteiger partial charge in [-0.1, -0.05) is 30.7 Å². The van der Waals surface area contributed by atoms with Crippen LogP contribution in [-0.2, 0) is 0 Å². The highest BCUT2D eigenvalue weighted by molar-refractivity contribution is 5.78. The van der Waals surface area contributed by atoms with Crippen LogP contribution in [0.3, 0.4) is 0 Å². The topological polar surface area (TPSA) is 44.1 Å². The number of nitrogens with zero attached hydrogens (tertiary/aromatic N) is 2. The van der Waals surface area contributed by atoms with Crippen LogP contribution in [0.15, 0.2) is 41.3 Å². The lowest BCUT2D eigenvalue weighted by Gasteiger charge is -2.14. The summed E-state index contributed by atoms with van der Waals surface area (Å²) in [5, 5.41) is 0. The molecule has 1 fully saturated rings. The van der Waals surface area contributed by atoms with Crippen molar-refractivity contribution in [3.05, 3.63) is 63.8 Å². The smallest absolute Gasteiger partial charge is 0.274 e. The zero-order chi connectivity index (χ0) is 19.7. The molecule has 1 saturated carbocycles. The fourth-order valence-electron chi connectivity index (χ4n) is 3.70. The van der Waals surface area contributed by atoms with E-state index in [0.29, 0.717) is 28.4 Å². The van der Waals surface area contributed by atoms with Crippen molar-refractivity contribution < 1.29 is 9.13 Å². The van der Waals surface area contributed by atoms with Crippen LogP contribution in [0.2, 0.25) is 0 Å². The summed E-state index contributed by atoms with van der Waals surface area (Å²) in [5.41, 5.74) is 2.56. The minimum Gasteiger partial charge on any atom is -0.495 e. The zero-order valence-corrected chi connectivity index (χ0v) is 16.0. The van der Waals surface area contributed by atoms with Gasteiger partial charge in [0.2, 0.25) is 0 Å². The van der Waals surface area contributed by atoms with Crippen molar-refractivity contribution in [3.63, 3.8) is 0 Å². The van der Waals surface area contributed by atoms with Crippen LogP contribution in [0.1, 0.15) is 36.8 Å². The highest BCUT2D eigenvalue weighted by atomic mass is 19.1. The first-order valence-corrected chi connectivity index (χ1v) is 9.44. The Labute approximate surface area is 163 Å². The van der Waals surface area contributed by atoms with E-state index < -0.39 is 5.82 Å². The maximum atomic E-state index is 14.8. The molecule has 0 aliphatic heterocycles. The van der Waals surface area contributed by atoms with Gasteiger partial charge in [0.15, 0.2) is 0 Å². The number of hydrogen-bond acceptors (Lipinski definition) is 3. The third-order valence-electron chi connectivity index (χ3n) is 5.18. The van der Waals surface area contributed by atoms with E-state index in [0.717, 1.165) is 18.4 Å². The third-order valence-corrected chi connectivity index (χ3v) is 5.18. The number of hydrogen-bond donors (Lipinski definition) is 0. The Morgan fingerprint density at radius 3 is 2.75 bits per heavy atom. The predicted molar refractivity (Wildman–Crippen MR) is 107 cm³/mol. The zero-order valence-electron chi connectivity index (χ0n) is 16.0. The molecule has 1 aliphatic rings. The Kier molecular flexibility index (Phi) is 4.87. The molecule has 4 rings (SSSR count). The Hall–Kier alpha value is -3.13. The van der Waals surface area contributed by atoms with Crippen LogP contribution < -0.4 is 10.3 Å². The molecule has 0 spiro atoms. The van der Waals surface area contributed by atoms with Crippen LogP contribution >= 0.6 is 0 Å². The maximum Gasteiger partial charge on any atom is 0.274 e. The highest BCUT2D eigenvalue weighted by Gasteiger charge is 2.16. The molecule has 1 aliphatic carbocycles. The summed E-state index contributed by atoms with van der Waals surface area (Å²) in [7, 11) is 1.50. The van der Waals surface area contributed by atoms with Gasteiger partial charge >= 0.3 is 0 Å². The first kappa shape index (κ1) is 18.2. The largest absolute Gasteiger partial charge is 0.495 e. The van der Waals surface area contributed by atoms with Gasteiger partial charge in [-0.25, -0.2) is 9.37 Å². The second-order valence-corrected chi connectivity index (χ2v) is 7.18. The standard InChI is InChI=1S/C23H21FN2O2/c1-15-7-10-20-19(11-15)25-14-23(27)26(20)21-13-18(24)17(12-22(21)28-2)9-8-16-5-3-4-6-16/h7,10-14,16H,3-6H2,1-2H3. The van der Waals surface area contributed by atoms with Gasteiger partial charge in [-0.05, 0) is 37.5 Å². The lowest BCUT2D eigenvalue weighted by atomic mass is 10.1. The quantitative estimate of drug-likeness (QED) is 0.624. The van der Waals surface area contributed by atoms with E-state index in [9.17, 15) is 9.18 Å². The molecule has 4 nitrogen and oxygen atoms in total. The Morgan fingerprint density at radius 1 is 1.21 bits per heavy atom. The number of benzene rings is 2. The van der Waals surface area contributed by atoms with E-state index in [1.165, 1.54) is 36.8 Å². The number of fused-ring (bicyclic) bond motifs is 1. The van der Waals surface area contributed by atoms with Crippen molar-refractivity contribution >= 4 is 11.0 Å². The van der Waals surface area contributed by atoms with E-state index in [1.807, 2.05) is 25.1 Å². The Morgan fingerprint density at radius 2 is 2.00 bits per heavy atom. The monoisotopic (exact) mass is 376 g/mol. The van der Waals surface area contributed by atoms with Crippen molar-refractivity contribution in [3.8, 4) is 23.3 Å². The van der Waals surface area contributed by atoms with Crippen LogP contribution in [0.4, 0.5) is 4.39 Å². The van der Waals surface area contributed by atoms with E-state index in [1.54, 1.807) is 6.07 Å². The van der Waals surface area contributed by atoms with Gasteiger partial charge in [-0.2, -0.15) is 0 Å². The molecule has 5 heteroatoms. The van der Waals surface area contributed by atoms with Crippen molar-refractivity contribution in [2.75, 3.05) is 7.11 Å². The average molecular weight is 376 g/mol.